The van der Waals surface area contributed by atoms with E-state index in [2.05, 4.69) is 13.8 Å². The summed E-state index contributed by atoms with van der Waals surface area (Å²) >= 11 is 0. The molecule has 0 saturated heterocycles. The van der Waals surface area contributed by atoms with Gasteiger partial charge in [-0.25, -0.2) is 8.42 Å². The van der Waals surface area contributed by atoms with Crippen LogP contribution in [0.1, 0.15) is 153 Å². The summed E-state index contributed by atoms with van der Waals surface area (Å²) in [4.78, 5) is -0.00440. The zero-order valence-corrected chi connectivity index (χ0v) is 26.2. The van der Waals surface area contributed by atoms with Crippen LogP contribution in [0.2, 0.25) is 0 Å². The van der Waals surface area contributed by atoms with E-state index in [-0.39, 0.29) is 34.5 Å². The molecule has 1 aromatic rings. The molecular formula is C30H53NaO3S. The van der Waals surface area contributed by atoms with Crippen molar-refractivity contribution in [2.75, 3.05) is 0 Å². The zero-order valence-electron chi connectivity index (χ0n) is 23.4. The minimum absolute atomic E-state index is 0. The SMILES string of the molecule is CCCCCCCCCCCCc1ccc(S(=O)(=O)[O-])c(CCCCCCCCCCCC)c1.[Na+]. The van der Waals surface area contributed by atoms with E-state index in [1.54, 1.807) is 6.07 Å². The second kappa shape index (κ2) is 23.3. The minimum Gasteiger partial charge on any atom is -0.744 e. The Morgan fingerprint density at radius 1 is 0.571 bits per heavy atom. The summed E-state index contributed by atoms with van der Waals surface area (Å²) in [5, 5.41) is 0. The summed E-state index contributed by atoms with van der Waals surface area (Å²) in [5.41, 5.74) is 1.91. The number of hydrogen-bond donors (Lipinski definition) is 0. The molecule has 0 unspecified atom stereocenters. The van der Waals surface area contributed by atoms with E-state index in [0.717, 1.165) is 31.2 Å². The first-order valence-corrected chi connectivity index (χ1v) is 16.0. The Bertz CT molecular complexity index is 718. The van der Waals surface area contributed by atoms with Gasteiger partial charge < -0.3 is 4.55 Å². The van der Waals surface area contributed by atoms with Gasteiger partial charge in [0.1, 0.15) is 10.1 Å². The predicted octanol–water partition coefficient (Wildman–Crippen LogP) is 6.52. The largest absolute Gasteiger partial charge is 1.00 e. The monoisotopic (exact) mass is 516 g/mol. The minimum atomic E-state index is -4.41. The smallest absolute Gasteiger partial charge is 0.744 e. The molecule has 0 bridgehead atoms. The number of benzene rings is 1. The van der Waals surface area contributed by atoms with Gasteiger partial charge in [0.25, 0.3) is 0 Å². The first-order chi connectivity index (χ1) is 16.5. The van der Waals surface area contributed by atoms with Crippen LogP contribution in [0.3, 0.4) is 0 Å². The van der Waals surface area contributed by atoms with Gasteiger partial charge in [0.2, 0.25) is 0 Å². The summed E-state index contributed by atoms with van der Waals surface area (Å²) in [6, 6.07) is 5.40. The van der Waals surface area contributed by atoms with Crippen LogP contribution < -0.4 is 29.6 Å². The van der Waals surface area contributed by atoms with Crippen LogP contribution in [0.4, 0.5) is 0 Å². The molecule has 1 rings (SSSR count). The van der Waals surface area contributed by atoms with Crippen molar-refractivity contribution >= 4 is 10.1 Å². The van der Waals surface area contributed by atoms with Crippen LogP contribution in [0.25, 0.3) is 0 Å². The molecule has 3 nitrogen and oxygen atoms in total. The summed E-state index contributed by atoms with van der Waals surface area (Å²) in [7, 11) is -4.41. The number of rotatable bonds is 23. The van der Waals surface area contributed by atoms with Crippen molar-refractivity contribution in [2.24, 2.45) is 0 Å². The van der Waals surface area contributed by atoms with Crippen molar-refractivity contribution in [2.45, 2.75) is 160 Å². The van der Waals surface area contributed by atoms with Crippen molar-refractivity contribution in [3.05, 3.63) is 29.3 Å². The van der Waals surface area contributed by atoms with Gasteiger partial charge in [-0.05, 0) is 42.9 Å². The molecule has 0 aliphatic heterocycles. The fourth-order valence-electron chi connectivity index (χ4n) is 4.85. The van der Waals surface area contributed by atoms with E-state index in [4.69, 9.17) is 0 Å². The maximum atomic E-state index is 11.7. The van der Waals surface area contributed by atoms with Gasteiger partial charge in [-0.2, -0.15) is 0 Å². The van der Waals surface area contributed by atoms with Gasteiger partial charge >= 0.3 is 29.6 Å². The second-order valence-electron chi connectivity index (χ2n) is 10.3. The Hall–Kier alpha value is 0.130. The molecule has 198 valence electrons. The van der Waals surface area contributed by atoms with Crippen LogP contribution in [0.15, 0.2) is 23.1 Å². The van der Waals surface area contributed by atoms with E-state index in [1.807, 2.05) is 12.1 Å². The maximum absolute atomic E-state index is 11.7. The topological polar surface area (TPSA) is 57.2 Å². The van der Waals surface area contributed by atoms with E-state index < -0.39 is 10.1 Å². The predicted molar refractivity (Wildman–Crippen MR) is 146 cm³/mol. The number of hydrogen-bond acceptors (Lipinski definition) is 3. The Balaban J connectivity index is 0.0000116. The van der Waals surface area contributed by atoms with E-state index in [9.17, 15) is 13.0 Å². The van der Waals surface area contributed by atoms with Crippen LogP contribution >= 0.6 is 0 Å². The van der Waals surface area contributed by atoms with Crippen molar-refractivity contribution < 1.29 is 42.5 Å². The molecule has 0 heterocycles. The Morgan fingerprint density at radius 3 is 1.34 bits per heavy atom. The summed E-state index contributed by atoms with van der Waals surface area (Å²) < 4.78 is 35.2. The molecule has 0 atom stereocenters. The molecule has 0 aromatic heterocycles. The van der Waals surface area contributed by atoms with Gasteiger partial charge in [0, 0.05) is 0 Å². The molecule has 0 N–H and O–H groups in total. The summed E-state index contributed by atoms with van der Waals surface area (Å²) in [6.07, 6.45) is 27.3. The van der Waals surface area contributed by atoms with Gasteiger partial charge in [-0.1, -0.05) is 142 Å². The van der Waals surface area contributed by atoms with Crippen molar-refractivity contribution in [3.63, 3.8) is 0 Å². The number of aryl methyl sites for hydroxylation is 2. The third-order valence-electron chi connectivity index (χ3n) is 7.01. The molecule has 0 fully saturated rings. The maximum Gasteiger partial charge on any atom is 1.00 e. The van der Waals surface area contributed by atoms with Gasteiger partial charge in [-0.3, -0.25) is 0 Å². The van der Waals surface area contributed by atoms with Crippen LogP contribution in [-0.4, -0.2) is 13.0 Å². The summed E-state index contributed by atoms with van der Waals surface area (Å²) in [5.74, 6) is 0. The van der Waals surface area contributed by atoms with E-state index >= 15 is 0 Å². The Morgan fingerprint density at radius 2 is 0.943 bits per heavy atom. The second-order valence-corrected chi connectivity index (χ2v) is 11.6. The molecule has 0 amide bonds. The number of unbranched alkanes of at least 4 members (excludes halogenated alkanes) is 18. The van der Waals surface area contributed by atoms with Crippen LogP contribution in [-0.2, 0) is 23.0 Å². The van der Waals surface area contributed by atoms with Crippen LogP contribution in [0, 0.1) is 0 Å². The average Bonchev–Trinajstić information content (AvgIpc) is 2.81. The Kier molecular flexibility index (Phi) is 23.3. The molecule has 0 radical (unpaired) electrons. The van der Waals surface area contributed by atoms with E-state index in [1.165, 1.54) is 115 Å². The fraction of sp³-hybridized carbons (Fsp3) is 0.800. The first-order valence-electron chi connectivity index (χ1n) is 14.6. The molecule has 5 heteroatoms. The van der Waals surface area contributed by atoms with Gasteiger partial charge in [0.15, 0.2) is 0 Å². The van der Waals surface area contributed by atoms with Crippen LogP contribution in [0.5, 0.6) is 0 Å². The quantitative estimate of drug-likeness (QED) is 0.0945. The van der Waals surface area contributed by atoms with Gasteiger partial charge in [0.05, 0.1) is 4.90 Å². The normalized spacial score (nSPS) is 11.5. The first kappa shape index (κ1) is 35.1. The Labute approximate surface area is 240 Å². The van der Waals surface area contributed by atoms with Gasteiger partial charge in [-0.15, -0.1) is 0 Å². The molecule has 35 heavy (non-hydrogen) atoms. The molecule has 0 saturated carbocycles. The molecule has 0 aliphatic carbocycles. The molecule has 1 aromatic carbocycles. The van der Waals surface area contributed by atoms with Crippen molar-refractivity contribution in [1.29, 1.82) is 0 Å². The van der Waals surface area contributed by atoms with E-state index in [0.29, 0.717) is 6.42 Å². The fourth-order valence-corrected chi connectivity index (χ4v) is 5.56. The van der Waals surface area contributed by atoms with Crippen molar-refractivity contribution in [3.8, 4) is 0 Å². The third-order valence-corrected chi connectivity index (χ3v) is 7.95. The average molecular weight is 517 g/mol. The van der Waals surface area contributed by atoms with Crippen molar-refractivity contribution in [1.82, 2.24) is 0 Å². The standard InChI is InChI=1S/C30H54O3S.Na/c1-3-5-7-9-11-13-15-17-19-21-23-28-25-26-30(34(31,32)33)29(27-28)24-22-20-18-16-14-12-10-8-6-4-2;/h25-27H,3-24H2,1-2H3,(H,31,32,33);/q;+1/p-1. The molecular weight excluding hydrogens is 463 g/mol. The zero-order chi connectivity index (χ0) is 24.9. The summed E-state index contributed by atoms with van der Waals surface area (Å²) in [6.45, 7) is 4.51. The third kappa shape index (κ3) is 18.9. The molecule has 0 aliphatic rings. The molecule has 0 spiro atoms.